The number of carbonyl (C=O) groups excluding carboxylic acids is 1. The summed E-state index contributed by atoms with van der Waals surface area (Å²) in [5, 5.41) is 5.93. The minimum Gasteiger partial charge on any atom is -0.434 e. The zero-order chi connectivity index (χ0) is 20.2. The van der Waals surface area contributed by atoms with Crippen LogP contribution in [0.25, 0.3) is 22.7 Å². The summed E-state index contributed by atoms with van der Waals surface area (Å²) in [6.07, 6.45) is 2.60. The molecule has 2 aromatic heterocycles. The molecule has 2 heterocycles. The Morgan fingerprint density at radius 3 is 2.69 bits per heavy atom. The molecule has 0 radical (unpaired) electrons. The highest BCUT2D eigenvalue weighted by atomic mass is 32.1. The van der Waals surface area contributed by atoms with E-state index < -0.39 is 0 Å². The Labute approximate surface area is 173 Å². The summed E-state index contributed by atoms with van der Waals surface area (Å²) in [4.78, 5) is 20.9. The van der Waals surface area contributed by atoms with Crippen LogP contribution in [0, 0.1) is 0 Å². The van der Waals surface area contributed by atoms with Crippen molar-refractivity contribution in [2.24, 2.45) is 0 Å². The van der Waals surface area contributed by atoms with Crippen molar-refractivity contribution in [3.05, 3.63) is 78.0 Å². The molecule has 2 N–H and O–H groups in total. The fourth-order valence-electron chi connectivity index (χ4n) is 2.85. The largest absolute Gasteiger partial charge is 0.434 e. The van der Waals surface area contributed by atoms with E-state index in [1.807, 2.05) is 42.5 Å². The van der Waals surface area contributed by atoms with Crippen LogP contribution in [-0.4, -0.2) is 21.0 Å². The van der Waals surface area contributed by atoms with Crippen LogP contribution in [0.5, 0.6) is 0 Å². The molecular weight excluding hydrogens is 384 g/mol. The van der Waals surface area contributed by atoms with Gasteiger partial charge in [0.15, 0.2) is 16.3 Å². The first-order chi connectivity index (χ1) is 14.1. The van der Waals surface area contributed by atoms with Crippen molar-refractivity contribution in [2.45, 2.75) is 13.3 Å². The number of benzene rings is 2. The molecule has 0 aliphatic carbocycles. The van der Waals surface area contributed by atoms with E-state index in [-0.39, 0.29) is 11.0 Å². The van der Waals surface area contributed by atoms with Gasteiger partial charge < -0.3 is 9.73 Å². The van der Waals surface area contributed by atoms with Crippen molar-refractivity contribution in [2.75, 3.05) is 5.32 Å². The van der Waals surface area contributed by atoms with Gasteiger partial charge in [-0.25, -0.2) is 4.98 Å². The predicted octanol–water partition coefficient (Wildman–Crippen LogP) is 4.58. The summed E-state index contributed by atoms with van der Waals surface area (Å²) in [5.41, 5.74) is 4.39. The van der Waals surface area contributed by atoms with Crippen LogP contribution >= 0.6 is 12.2 Å². The summed E-state index contributed by atoms with van der Waals surface area (Å²) < 4.78 is 5.75. The summed E-state index contributed by atoms with van der Waals surface area (Å²) in [7, 11) is 0. The molecule has 0 aliphatic rings. The van der Waals surface area contributed by atoms with Gasteiger partial charge in [0.25, 0.3) is 5.91 Å². The maximum Gasteiger partial charge on any atom is 0.257 e. The van der Waals surface area contributed by atoms with Gasteiger partial charge in [-0.3, -0.25) is 10.1 Å². The molecule has 144 valence electrons. The molecule has 0 fully saturated rings. The molecule has 2 aromatic carbocycles. The van der Waals surface area contributed by atoms with Crippen LogP contribution in [0.2, 0.25) is 0 Å². The number of rotatable bonds is 4. The van der Waals surface area contributed by atoms with Crippen molar-refractivity contribution in [3.63, 3.8) is 0 Å². The van der Waals surface area contributed by atoms with E-state index >= 15 is 0 Å². The number of hydrogen-bond acceptors (Lipinski definition) is 5. The van der Waals surface area contributed by atoms with Gasteiger partial charge in [-0.15, -0.1) is 0 Å². The quantitative estimate of drug-likeness (QED) is 0.487. The molecule has 0 bridgehead atoms. The number of oxazole rings is 1. The van der Waals surface area contributed by atoms with Crippen molar-refractivity contribution in [1.82, 2.24) is 15.3 Å². The first-order valence-corrected chi connectivity index (χ1v) is 9.56. The Kier molecular flexibility index (Phi) is 5.31. The molecule has 4 rings (SSSR count). The lowest BCUT2D eigenvalue weighted by Gasteiger charge is -2.10. The molecule has 6 nitrogen and oxygen atoms in total. The second kappa shape index (κ2) is 8.20. The molecule has 0 aliphatic heterocycles. The van der Waals surface area contributed by atoms with Crippen molar-refractivity contribution in [3.8, 4) is 11.5 Å². The SMILES string of the molecule is CCc1ccc(C(=O)NC(=S)Nc2cccc(-c3nc4ncccc4o3)c2)cc1. The number of aromatic nitrogens is 2. The van der Waals surface area contributed by atoms with Gasteiger partial charge in [-0.2, -0.15) is 4.98 Å². The van der Waals surface area contributed by atoms with Gasteiger partial charge in [-0.1, -0.05) is 25.1 Å². The number of thiocarbonyl (C=S) groups is 1. The van der Waals surface area contributed by atoms with Crippen LogP contribution in [0.1, 0.15) is 22.8 Å². The summed E-state index contributed by atoms with van der Waals surface area (Å²) in [6, 6.07) is 18.5. The number of carbonyl (C=O) groups is 1. The lowest BCUT2D eigenvalue weighted by Crippen LogP contribution is -2.34. The topological polar surface area (TPSA) is 80.0 Å². The molecule has 0 atom stereocenters. The summed E-state index contributed by atoms with van der Waals surface area (Å²) in [5.74, 6) is 0.208. The maximum absolute atomic E-state index is 12.4. The van der Waals surface area contributed by atoms with Gasteiger partial charge in [0.1, 0.15) is 0 Å². The van der Waals surface area contributed by atoms with Crippen LogP contribution in [0.3, 0.4) is 0 Å². The Morgan fingerprint density at radius 1 is 1.10 bits per heavy atom. The molecule has 7 heteroatoms. The fraction of sp³-hybridized carbons (Fsp3) is 0.0909. The van der Waals surface area contributed by atoms with Crippen LogP contribution in [0.15, 0.2) is 71.3 Å². The molecule has 0 unspecified atom stereocenters. The summed E-state index contributed by atoms with van der Waals surface area (Å²) in [6.45, 7) is 2.07. The Morgan fingerprint density at radius 2 is 1.93 bits per heavy atom. The number of aryl methyl sites for hydroxylation is 1. The third kappa shape index (κ3) is 4.30. The first kappa shape index (κ1) is 18.8. The van der Waals surface area contributed by atoms with Crippen molar-refractivity contribution in [1.29, 1.82) is 0 Å². The van der Waals surface area contributed by atoms with E-state index in [1.54, 1.807) is 24.4 Å². The highest BCUT2D eigenvalue weighted by Gasteiger charge is 2.11. The normalized spacial score (nSPS) is 10.7. The Bertz CT molecular complexity index is 1150. The number of nitrogens with zero attached hydrogens (tertiary/aromatic N) is 2. The maximum atomic E-state index is 12.4. The predicted molar refractivity (Wildman–Crippen MR) is 117 cm³/mol. The Balaban J connectivity index is 1.45. The first-order valence-electron chi connectivity index (χ1n) is 9.15. The van der Waals surface area contributed by atoms with Crippen molar-refractivity contribution < 1.29 is 9.21 Å². The van der Waals surface area contributed by atoms with Gasteiger partial charge in [0.05, 0.1) is 0 Å². The van der Waals surface area contributed by atoms with Crippen LogP contribution < -0.4 is 10.6 Å². The molecule has 0 spiro atoms. The number of amides is 1. The van der Waals surface area contributed by atoms with Gasteiger partial charge in [-0.05, 0) is 66.7 Å². The van der Waals surface area contributed by atoms with E-state index in [9.17, 15) is 4.79 Å². The lowest BCUT2D eigenvalue weighted by atomic mass is 10.1. The standard InChI is InChI=1S/C22H18N4O2S/c1-2-14-8-10-15(11-9-14)20(27)26-22(29)24-17-6-3-5-16(13-17)21-25-19-18(28-21)7-4-12-23-19/h3-13H,2H2,1H3,(H2,24,26,27,29). The molecule has 29 heavy (non-hydrogen) atoms. The smallest absolute Gasteiger partial charge is 0.257 e. The fourth-order valence-corrected chi connectivity index (χ4v) is 3.06. The molecule has 4 aromatic rings. The zero-order valence-electron chi connectivity index (χ0n) is 15.7. The van der Waals surface area contributed by atoms with Gasteiger partial charge >= 0.3 is 0 Å². The lowest BCUT2D eigenvalue weighted by molar-refractivity contribution is 0.0977. The number of pyridine rings is 1. The van der Waals surface area contributed by atoms with E-state index in [4.69, 9.17) is 16.6 Å². The third-order valence-corrected chi connectivity index (χ3v) is 4.59. The van der Waals surface area contributed by atoms with E-state index in [0.717, 1.165) is 12.0 Å². The Hall–Kier alpha value is -3.58. The molecular formula is C22H18N4O2S. The monoisotopic (exact) mass is 402 g/mol. The van der Waals surface area contributed by atoms with Crippen LogP contribution in [-0.2, 0) is 6.42 Å². The van der Waals surface area contributed by atoms with Gasteiger partial charge in [0.2, 0.25) is 5.89 Å². The average molecular weight is 402 g/mol. The van der Waals surface area contributed by atoms with E-state index in [1.165, 1.54) is 5.56 Å². The summed E-state index contributed by atoms with van der Waals surface area (Å²) >= 11 is 5.28. The molecule has 1 amide bonds. The molecule has 0 saturated carbocycles. The minimum absolute atomic E-state index is 0.214. The average Bonchev–Trinajstić information content (AvgIpc) is 3.18. The number of hydrogen-bond donors (Lipinski definition) is 2. The highest BCUT2D eigenvalue weighted by Crippen LogP contribution is 2.25. The van der Waals surface area contributed by atoms with Gasteiger partial charge in [0, 0.05) is 23.0 Å². The third-order valence-electron chi connectivity index (χ3n) is 4.38. The number of fused-ring (bicyclic) bond motifs is 1. The highest BCUT2D eigenvalue weighted by molar-refractivity contribution is 7.80. The minimum atomic E-state index is -0.258. The van der Waals surface area contributed by atoms with Crippen molar-refractivity contribution >= 4 is 40.2 Å². The van der Waals surface area contributed by atoms with E-state index in [2.05, 4.69) is 27.5 Å². The van der Waals surface area contributed by atoms with E-state index in [0.29, 0.717) is 28.4 Å². The van der Waals surface area contributed by atoms with Crippen LogP contribution in [0.4, 0.5) is 5.69 Å². The second-order valence-corrected chi connectivity index (χ2v) is 6.79. The molecule has 0 saturated heterocycles. The number of anilines is 1. The second-order valence-electron chi connectivity index (χ2n) is 6.38. The number of nitrogens with one attached hydrogen (secondary N) is 2. The zero-order valence-corrected chi connectivity index (χ0v) is 16.5.